The Labute approximate surface area is 158 Å². The highest BCUT2D eigenvalue weighted by atomic mass is 16.1. The molecule has 0 fully saturated rings. The molecule has 0 unspecified atom stereocenters. The summed E-state index contributed by atoms with van der Waals surface area (Å²) in [7, 11) is 1.64. The zero-order chi connectivity index (χ0) is 22.6. The molecule has 1 aromatic carbocycles. The van der Waals surface area contributed by atoms with Gasteiger partial charge in [-0.05, 0) is 31.2 Å². The van der Waals surface area contributed by atoms with Gasteiger partial charge < -0.3 is 15.5 Å². The van der Waals surface area contributed by atoms with Crippen molar-refractivity contribution in [2.24, 2.45) is 0 Å². The molecule has 1 aliphatic rings. The fourth-order valence-electron chi connectivity index (χ4n) is 3.04. The summed E-state index contributed by atoms with van der Waals surface area (Å²) in [6.45, 7) is -2.66. The van der Waals surface area contributed by atoms with Gasteiger partial charge in [-0.15, -0.1) is 0 Å². The van der Waals surface area contributed by atoms with Gasteiger partial charge in [0.05, 0.1) is 48.9 Å². The maximum Gasteiger partial charge on any atom is 0.254 e. The Balaban J connectivity index is 1.80. The highest BCUT2D eigenvalue weighted by Crippen LogP contribution is 2.38. The smallest absolute Gasteiger partial charge is 0.254 e. The number of amides is 1. The number of aryl methyl sites for hydroxylation is 1. The molecule has 0 bridgehead atoms. The van der Waals surface area contributed by atoms with Crippen LogP contribution in [0.5, 0.6) is 0 Å². The van der Waals surface area contributed by atoms with Crippen LogP contribution in [0.2, 0.25) is 0 Å². The Hall–Kier alpha value is -3.35. The Kier molecular flexibility index (Phi) is 2.69. The minimum Gasteiger partial charge on any atom is -0.365 e. The number of hydrogen-bond donors (Lipinski definition) is 2. The van der Waals surface area contributed by atoms with E-state index in [0.29, 0.717) is 34.1 Å². The monoisotopic (exact) mass is 353 g/mol. The summed E-state index contributed by atoms with van der Waals surface area (Å²) < 4.78 is 40.6. The molecule has 1 amide bonds. The number of anilines is 3. The van der Waals surface area contributed by atoms with E-state index in [1.807, 2.05) is 11.4 Å². The van der Waals surface area contributed by atoms with E-state index in [-0.39, 0.29) is 5.56 Å². The first-order valence-corrected chi connectivity index (χ1v) is 7.97. The largest absolute Gasteiger partial charge is 0.365 e. The number of hydrogen-bond acceptors (Lipinski definition) is 5. The van der Waals surface area contributed by atoms with Gasteiger partial charge in [0, 0.05) is 30.5 Å². The van der Waals surface area contributed by atoms with Gasteiger partial charge in [0.1, 0.15) is 0 Å². The quantitative estimate of drug-likeness (QED) is 0.757. The molecule has 132 valence electrons. The molecule has 1 aliphatic heterocycles. The first-order chi connectivity index (χ1) is 14.5. The minimum absolute atomic E-state index is 0.0494. The lowest BCUT2D eigenvalue weighted by Crippen LogP contribution is -2.26. The first kappa shape index (κ1) is 11.3. The van der Waals surface area contributed by atoms with E-state index in [1.165, 1.54) is 17.3 Å². The topological polar surface area (TPSA) is 75.1 Å². The average Bonchev–Trinajstić information content (AvgIpc) is 3.08. The predicted molar refractivity (Wildman–Crippen MR) is 101 cm³/mol. The third-order valence-electron chi connectivity index (χ3n) is 4.14. The third kappa shape index (κ3) is 2.57. The van der Waals surface area contributed by atoms with E-state index in [9.17, 15) is 4.79 Å². The first-order valence-electron chi connectivity index (χ1n) is 10.5. The number of para-hydroxylation sites is 1. The number of aromatic nitrogens is 3. The predicted octanol–water partition coefficient (Wildman–Crippen LogP) is 2.63. The van der Waals surface area contributed by atoms with Crippen molar-refractivity contribution < 1.29 is 11.6 Å². The molecule has 4 rings (SSSR count). The van der Waals surface area contributed by atoms with Gasteiger partial charge in [0.25, 0.3) is 5.91 Å². The maximum absolute atomic E-state index is 12.5. The zero-order valence-corrected chi connectivity index (χ0v) is 14.2. The zero-order valence-electron chi connectivity index (χ0n) is 19.2. The van der Waals surface area contributed by atoms with Crippen LogP contribution >= 0.6 is 0 Å². The number of pyridine rings is 1. The van der Waals surface area contributed by atoms with Gasteiger partial charge in [0.2, 0.25) is 0 Å². The summed E-state index contributed by atoms with van der Waals surface area (Å²) in [4.78, 5) is 17.9. The van der Waals surface area contributed by atoms with E-state index in [1.54, 1.807) is 42.9 Å². The maximum atomic E-state index is 12.5. The van der Waals surface area contributed by atoms with Crippen LogP contribution in [0.3, 0.4) is 0 Å². The van der Waals surface area contributed by atoms with Crippen molar-refractivity contribution in [2.75, 3.05) is 24.2 Å². The molecule has 0 spiro atoms. The van der Waals surface area contributed by atoms with Gasteiger partial charge in [-0.25, -0.2) is 4.68 Å². The second-order valence-electron chi connectivity index (χ2n) is 5.93. The Morgan fingerprint density at radius 2 is 2.23 bits per heavy atom. The molecule has 0 radical (unpaired) electrons. The van der Waals surface area contributed by atoms with E-state index in [0.717, 1.165) is 0 Å². The number of nitrogens with zero attached hydrogens (tertiary/aromatic N) is 4. The highest BCUT2D eigenvalue weighted by molar-refractivity contribution is 6.00. The molecule has 7 nitrogen and oxygen atoms in total. The summed E-state index contributed by atoms with van der Waals surface area (Å²) in [6.07, 6.45) is 2.75. The van der Waals surface area contributed by atoms with Gasteiger partial charge in [-0.3, -0.25) is 9.78 Å². The second kappa shape index (κ2) is 6.18. The van der Waals surface area contributed by atoms with Crippen molar-refractivity contribution in [2.45, 2.75) is 13.4 Å². The van der Waals surface area contributed by atoms with Crippen LogP contribution in [0.1, 0.15) is 28.6 Å². The Bertz CT molecular complexity index is 1170. The summed E-state index contributed by atoms with van der Waals surface area (Å²) in [5.41, 5.74) is 3.23. The molecule has 2 aromatic heterocycles. The van der Waals surface area contributed by atoms with Gasteiger partial charge >= 0.3 is 0 Å². The molecule has 0 saturated carbocycles. The fraction of sp³-hybridized carbons (Fsp3) is 0.211. The molecule has 7 heteroatoms. The standard InChI is InChI=1S/C19H20N6O/c1-12-9-13-11-24(3)18-16(5-4-6-17(18)25(13)23-12)22-15-7-8-21-10-14(15)19(26)20-2/h4-10H,11H2,1-3H3,(H,20,26)(H,21,22)/i2D3,11D2. The van der Waals surface area contributed by atoms with Crippen LogP contribution in [-0.4, -0.2) is 34.7 Å². The lowest BCUT2D eigenvalue weighted by Gasteiger charge is -2.30. The fourth-order valence-corrected chi connectivity index (χ4v) is 3.04. The minimum atomic E-state index is -2.64. The molecule has 0 saturated heterocycles. The molecule has 0 atom stereocenters. The summed E-state index contributed by atoms with van der Waals surface area (Å²) in [5.74, 6) is -0.797. The van der Waals surface area contributed by atoms with E-state index in [4.69, 9.17) is 6.85 Å². The van der Waals surface area contributed by atoms with Gasteiger partial charge in [-0.1, -0.05) is 6.07 Å². The SMILES string of the molecule is [2H]C([2H])([2H])NC(=O)c1cnccc1Nc1cccc2c1N(C)C([2H])([2H])c1cc(C)nn1-2. The molecule has 3 aromatic rings. The summed E-state index contributed by atoms with van der Waals surface area (Å²) in [6, 6.07) is 8.63. The van der Waals surface area contributed by atoms with Crippen molar-refractivity contribution in [1.82, 2.24) is 20.1 Å². The van der Waals surface area contributed by atoms with Crippen LogP contribution in [0, 0.1) is 6.92 Å². The van der Waals surface area contributed by atoms with Crippen molar-refractivity contribution in [3.05, 3.63) is 59.7 Å². The van der Waals surface area contributed by atoms with E-state index < -0.39 is 19.4 Å². The number of carbonyl (C=O) groups excluding carboxylic acids is 1. The second-order valence-corrected chi connectivity index (χ2v) is 5.93. The Morgan fingerprint density at radius 3 is 3.08 bits per heavy atom. The lowest BCUT2D eigenvalue weighted by molar-refractivity contribution is 0.0963. The van der Waals surface area contributed by atoms with Crippen LogP contribution in [0.25, 0.3) is 5.69 Å². The number of nitrogens with one attached hydrogen (secondary N) is 2. The van der Waals surface area contributed by atoms with Crippen molar-refractivity contribution in [3.63, 3.8) is 0 Å². The average molecular weight is 353 g/mol. The highest BCUT2D eigenvalue weighted by Gasteiger charge is 2.24. The van der Waals surface area contributed by atoms with Crippen LogP contribution < -0.4 is 15.5 Å². The molecule has 2 N–H and O–H groups in total. The van der Waals surface area contributed by atoms with Crippen molar-refractivity contribution >= 4 is 23.0 Å². The third-order valence-corrected chi connectivity index (χ3v) is 4.14. The van der Waals surface area contributed by atoms with Gasteiger partial charge in [-0.2, -0.15) is 5.10 Å². The van der Waals surface area contributed by atoms with Crippen molar-refractivity contribution in [1.29, 1.82) is 0 Å². The van der Waals surface area contributed by atoms with Crippen molar-refractivity contribution in [3.8, 4) is 5.69 Å². The van der Waals surface area contributed by atoms with Crippen LogP contribution in [0.15, 0.2) is 42.7 Å². The van der Waals surface area contributed by atoms with E-state index >= 15 is 0 Å². The molecule has 26 heavy (non-hydrogen) atoms. The summed E-state index contributed by atoms with van der Waals surface area (Å²) >= 11 is 0. The lowest BCUT2D eigenvalue weighted by atomic mass is 10.1. The van der Waals surface area contributed by atoms with Crippen LogP contribution in [-0.2, 0) is 6.50 Å². The summed E-state index contributed by atoms with van der Waals surface area (Å²) in [5, 5.41) is 9.54. The Morgan fingerprint density at radius 1 is 1.35 bits per heavy atom. The van der Waals surface area contributed by atoms with Gasteiger partial charge in [0.15, 0.2) is 0 Å². The number of benzene rings is 1. The molecule has 0 aliphatic carbocycles. The van der Waals surface area contributed by atoms with E-state index in [2.05, 4.69) is 15.4 Å². The number of rotatable bonds is 3. The normalized spacial score (nSPS) is 17.6. The number of fused-ring (bicyclic) bond motifs is 3. The number of carbonyl (C=O) groups is 1. The molecule has 3 heterocycles. The van der Waals surface area contributed by atoms with Crippen LogP contribution in [0.4, 0.5) is 17.1 Å². The molecular formula is C19H20N6O. The molecular weight excluding hydrogens is 328 g/mol.